The van der Waals surface area contributed by atoms with Gasteiger partial charge in [-0.2, -0.15) is 5.26 Å². The highest BCUT2D eigenvalue weighted by molar-refractivity contribution is 6.31. The Morgan fingerprint density at radius 1 is 1.23 bits per heavy atom. The normalized spacial score (nSPS) is 16.2. The maximum Gasteiger partial charge on any atom is 0.290 e. The largest absolute Gasteiger partial charge is 0.383 e. The number of benzene rings is 1. The third-order valence-corrected chi connectivity index (χ3v) is 7.67. The molecular formula is C31H39ClN6O6. The lowest BCUT2D eigenvalue weighted by Crippen LogP contribution is -2.56. The monoisotopic (exact) mass is 626 g/mol. The lowest BCUT2D eigenvalue weighted by Gasteiger charge is -2.33. The summed E-state index contributed by atoms with van der Waals surface area (Å²) in [4.78, 5) is 52.3. The minimum Gasteiger partial charge on any atom is -0.383 e. The molecule has 2 heterocycles. The number of Topliss-reactive ketones (excluding diaryl/α,β-unsaturated/α-hetero) is 1. The van der Waals surface area contributed by atoms with Crippen LogP contribution < -0.4 is 16.0 Å². The first-order valence-electron chi connectivity index (χ1n) is 14.5. The van der Waals surface area contributed by atoms with Crippen LogP contribution in [-0.4, -0.2) is 83.4 Å². The lowest BCUT2D eigenvalue weighted by molar-refractivity contribution is -0.132. The summed E-state index contributed by atoms with van der Waals surface area (Å²) >= 11 is 6.29. The van der Waals surface area contributed by atoms with Crippen LogP contribution in [0.1, 0.15) is 48.5 Å². The van der Waals surface area contributed by atoms with Crippen LogP contribution in [0.4, 0.5) is 0 Å². The molecular weight excluding hydrogens is 588 g/mol. The van der Waals surface area contributed by atoms with E-state index in [1.54, 1.807) is 24.0 Å². The highest BCUT2D eigenvalue weighted by Gasteiger charge is 2.33. The molecule has 3 atom stereocenters. The molecule has 0 bridgehead atoms. The quantitative estimate of drug-likeness (QED) is 0.130. The van der Waals surface area contributed by atoms with Gasteiger partial charge in [0.05, 0.1) is 17.8 Å². The first-order valence-corrected chi connectivity index (χ1v) is 14.9. The molecule has 44 heavy (non-hydrogen) atoms. The Labute approximate surface area is 261 Å². The van der Waals surface area contributed by atoms with Gasteiger partial charge in [0.25, 0.3) is 11.8 Å². The molecule has 0 radical (unpaired) electrons. The Balaban J connectivity index is 1.70. The number of aldehydes is 1. The number of aliphatic hydroxyl groups excluding tert-OH is 1. The van der Waals surface area contributed by atoms with E-state index in [4.69, 9.17) is 16.1 Å². The van der Waals surface area contributed by atoms with Crippen LogP contribution in [0, 0.1) is 30.1 Å². The molecule has 236 valence electrons. The molecule has 0 spiro atoms. The smallest absolute Gasteiger partial charge is 0.290 e. The van der Waals surface area contributed by atoms with E-state index < -0.39 is 24.1 Å². The summed E-state index contributed by atoms with van der Waals surface area (Å²) in [6, 6.07) is 8.90. The van der Waals surface area contributed by atoms with Gasteiger partial charge in [0, 0.05) is 49.7 Å². The van der Waals surface area contributed by atoms with Crippen molar-refractivity contribution in [1.82, 2.24) is 26.0 Å². The maximum atomic E-state index is 13.8. The number of rotatable bonds is 15. The van der Waals surface area contributed by atoms with Crippen molar-refractivity contribution < 1.29 is 28.8 Å². The average Bonchev–Trinajstić information content (AvgIpc) is 3.46. The zero-order valence-electron chi connectivity index (χ0n) is 25.1. The summed E-state index contributed by atoms with van der Waals surface area (Å²) in [5, 5.41) is 33.0. The maximum absolute atomic E-state index is 13.8. The third kappa shape index (κ3) is 9.82. The summed E-state index contributed by atoms with van der Waals surface area (Å²) in [5.41, 5.74) is 1.43. The predicted octanol–water partition coefficient (Wildman–Crippen LogP) is 1.96. The summed E-state index contributed by atoms with van der Waals surface area (Å²) in [6.07, 6.45) is 1.22. The number of aryl methyl sites for hydroxylation is 1. The van der Waals surface area contributed by atoms with E-state index >= 15 is 0 Å². The Bertz CT molecular complexity index is 1380. The fraction of sp³-hybridized carbons (Fsp3) is 0.484. The molecule has 0 aliphatic carbocycles. The van der Waals surface area contributed by atoms with Crippen molar-refractivity contribution in [3.63, 3.8) is 0 Å². The van der Waals surface area contributed by atoms with Crippen LogP contribution in [0.3, 0.4) is 0 Å². The van der Waals surface area contributed by atoms with Crippen LogP contribution >= 0.6 is 11.6 Å². The molecule has 4 N–H and O–H groups in total. The number of likely N-dealkylation sites (tertiary alicyclic amines) is 1. The minimum absolute atomic E-state index is 0.0454. The number of nitrogens with one attached hydrogen (secondary N) is 3. The molecule has 0 unspecified atom stereocenters. The average molecular weight is 627 g/mol. The molecule has 2 amide bonds. The Kier molecular flexibility index (Phi) is 13.2. The second-order valence-electron chi connectivity index (χ2n) is 11.1. The van der Waals surface area contributed by atoms with Gasteiger partial charge < -0.3 is 35.3 Å². The van der Waals surface area contributed by atoms with E-state index in [0.29, 0.717) is 49.5 Å². The zero-order valence-corrected chi connectivity index (χ0v) is 25.8. The van der Waals surface area contributed by atoms with Crippen LogP contribution in [-0.2, 0) is 20.9 Å². The van der Waals surface area contributed by atoms with Gasteiger partial charge in [-0.1, -0.05) is 54.9 Å². The summed E-state index contributed by atoms with van der Waals surface area (Å²) in [6.45, 7) is 6.56. The number of aliphatic hydroxyl groups is 1. The second kappa shape index (κ2) is 16.8. The van der Waals surface area contributed by atoms with E-state index in [-0.39, 0.29) is 47.9 Å². The topological polar surface area (TPSA) is 178 Å². The number of carbonyl (C=O) groups is 4. The van der Waals surface area contributed by atoms with Crippen LogP contribution in [0.5, 0.6) is 0 Å². The van der Waals surface area contributed by atoms with Crippen LogP contribution in [0.2, 0.25) is 5.02 Å². The van der Waals surface area contributed by atoms with Crippen LogP contribution in [0.25, 0.3) is 0 Å². The lowest BCUT2D eigenvalue weighted by atomic mass is 9.88. The molecule has 1 aromatic heterocycles. The Morgan fingerprint density at radius 3 is 2.52 bits per heavy atom. The number of carbonyl (C=O) groups excluding carboxylic acids is 4. The second-order valence-corrected chi connectivity index (χ2v) is 11.5. The highest BCUT2D eigenvalue weighted by Crippen LogP contribution is 2.22. The van der Waals surface area contributed by atoms with Crippen molar-refractivity contribution >= 4 is 35.5 Å². The van der Waals surface area contributed by atoms with E-state index in [1.165, 1.54) is 6.07 Å². The number of hydrogen-bond donors (Lipinski definition) is 4. The van der Waals surface area contributed by atoms with Gasteiger partial charge in [-0.3, -0.25) is 14.4 Å². The first-order chi connectivity index (χ1) is 21.0. The standard InChI is InChI=1S/C31H39ClN6O6/c1-19(2)12-23(14-33)31(43)38-10-8-21(9-11-38)29(41)26(16-34-15-22-6-4-5-7-24(22)32)35-17-25(27(40)18-39)36-30(42)28-13-20(3)37-44-28/h4-7,12-13,18-19,21,25-27,34-35,40H,8-11,15-17H2,1-3H3,(H,36,42)/t25-,26-,27-/m0/s1. The van der Waals surface area contributed by atoms with E-state index in [9.17, 15) is 29.5 Å². The molecule has 1 fully saturated rings. The predicted molar refractivity (Wildman–Crippen MR) is 162 cm³/mol. The molecule has 0 saturated carbocycles. The fourth-order valence-electron chi connectivity index (χ4n) is 4.91. The number of amides is 2. The first kappa shape index (κ1) is 34.6. The van der Waals surface area contributed by atoms with Gasteiger partial charge >= 0.3 is 0 Å². The molecule has 1 aliphatic heterocycles. The third-order valence-electron chi connectivity index (χ3n) is 7.30. The van der Waals surface area contributed by atoms with Gasteiger partial charge in [0.1, 0.15) is 17.7 Å². The molecule has 2 aromatic rings. The van der Waals surface area contributed by atoms with Crippen molar-refractivity contribution in [3.05, 3.63) is 64.0 Å². The molecule has 1 saturated heterocycles. The number of piperidine rings is 1. The fourth-order valence-corrected chi connectivity index (χ4v) is 5.11. The van der Waals surface area contributed by atoms with E-state index in [0.717, 1.165) is 5.56 Å². The molecule has 1 aliphatic rings. The number of ketones is 1. The SMILES string of the molecule is Cc1cc(C(=O)N[C@@H](CN[C@@H](CNCc2ccccc2Cl)C(=O)C2CCN(C(=O)C(C#N)=CC(C)C)CC2)[C@@H](O)C=O)on1. The van der Waals surface area contributed by atoms with Gasteiger partial charge in [-0.05, 0) is 37.3 Å². The van der Waals surface area contributed by atoms with Gasteiger partial charge in [-0.15, -0.1) is 0 Å². The Hall–Kier alpha value is -3.89. The van der Waals surface area contributed by atoms with Gasteiger partial charge in [-0.25, -0.2) is 0 Å². The van der Waals surface area contributed by atoms with Crippen molar-refractivity contribution in [3.8, 4) is 6.07 Å². The minimum atomic E-state index is -1.55. The van der Waals surface area contributed by atoms with Crippen molar-refractivity contribution in [1.29, 1.82) is 5.26 Å². The number of allylic oxidation sites excluding steroid dienone is 1. The van der Waals surface area contributed by atoms with Gasteiger partial charge in [0.15, 0.2) is 12.1 Å². The number of halogens is 1. The summed E-state index contributed by atoms with van der Waals surface area (Å²) < 4.78 is 4.98. The van der Waals surface area contributed by atoms with Crippen molar-refractivity contribution in [2.75, 3.05) is 26.2 Å². The number of hydrogen-bond acceptors (Lipinski definition) is 10. The molecule has 1 aromatic carbocycles. The number of aromatic nitrogens is 1. The molecule has 13 heteroatoms. The number of nitriles is 1. The zero-order chi connectivity index (χ0) is 32.2. The van der Waals surface area contributed by atoms with E-state index in [2.05, 4.69) is 21.1 Å². The van der Waals surface area contributed by atoms with Gasteiger partial charge in [0.2, 0.25) is 5.76 Å². The summed E-state index contributed by atoms with van der Waals surface area (Å²) in [7, 11) is 0. The van der Waals surface area contributed by atoms with Crippen molar-refractivity contribution in [2.24, 2.45) is 11.8 Å². The summed E-state index contributed by atoms with van der Waals surface area (Å²) in [5.74, 6) is -1.53. The number of nitrogens with zero attached hydrogens (tertiary/aromatic N) is 3. The Morgan fingerprint density at radius 2 is 1.93 bits per heavy atom. The molecule has 12 nitrogen and oxygen atoms in total. The van der Waals surface area contributed by atoms with E-state index in [1.807, 2.05) is 38.1 Å². The molecule has 3 rings (SSSR count). The van der Waals surface area contributed by atoms with Crippen molar-refractivity contribution in [2.45, 2.75) is 58.3 Å². The highest BCUT2D eigenvalue weighted by atomic mass is 35.5. The van der Waals surface area contributed by atoms with Crippen LogP contribution in [0.15, 0.2) is 46.5 Å².